The number of hydrogen-bond donors (Lipinski definition) is 1. The first kappa shape index (κ1) is 22.3. The van der Waals surface area contributed by atoms with Crippen molar-refractivity contribution in [3.8, 4) is 5.75 Å². The molecule has 3 rings (SSSR count). The largest absolute Gasteiger partial charge is 0.495 e. The summed E-state index contributed by atoms with van der Waals surface area (Å²) in [5.74, 6) is -0.0979. The number of anilines is 1. The molecule has 30 heavy (non-hydrogen) atoms. The predicted octanol–water partition coefficient (Wildman–Crippen LogP) is 4.38. The second kappa shape index (κ2) is 9.18. The molecular formula is C23H30N2O4S. The Labute approximate surface area is 179 Å². The van der Waals surface area contributed by atoms with Crippen molar-refractivity contribution in [2.24, 2.45) is 0 Å². The Bertz CT molecular complexity index is 1030. The van der Waals surface area contributed by atoms with E-state index in [9.17, 15) is 13.2 Å². The lowest BCUT2D eigenvalue weighted by Gasteiger charge is -2.32. The lowest BCUT2D eigenvalue weighted by Crippen LogP contribution is -2.42. The van der Waals surface area contributed by atoms with Crippen molar-refractivity contribution in [3.05, 3.63) is 53.1 Å². The van der Waals surface area contributed by atoms with E-state index in [1.807, 2.05) is 39.0 Å². The number of sulfonamides is 1. The molecule has 1 aliphatic rings. The van der Waals surface area contributed by atoms with Crippen molar-refractivity contribution in [1.29, 1.82) is 0 Å². The molecule has 0 radical (unpaired) electrons. The Morgan fingerprint density at radius 3 is 2.67 bits per heavy atom. The van der Waals surface area contributed by atoms with Crippen LogP contribution in [0.5, 0.6) is 5.75 Å². The van der Waals surface area contributed by atoms with Gasteiger partial charge in [-0.25, -0.2) is 8.42 Å². The highest BCUT2D eigenvalue weighted by molar-refractivity contribution is 7.89. The molecule has 1 saturated heterocycles. The second-order valence-electron chi connectivity index (χ2n) is 7.74. The van der Waals surface area contributed by atoms with Crippen molar-refractivity contribution >= 4 is 21.6 Å². The molecule has 2 aromatic carbocycles. The maximum Gasteiger partial charge on any atom is 0.255 e. The van der Waals surface area contributed by atoms with Crippen LogP contribution in [0.1, 0.15) is 54.6 Å². The number of hydrogen-bond acceptors (Lipinski definition) is 4. The van der Waals surface area contributed by atoms with Gasteiger partial charge in [0.1, 0.15) is 10.6 Å². The van der Waals surface area contributed by atoms with E-state index < -0.39 is 10.0 Å². The summed E-state index contributed by atoms with van der Waals surface area (Å²) in [5.41, 5.74) is 3.05. The lowest BCUT2D eigenvalue weighted by atomic mass is 10.1. The van der Waals surface area contributed by atoms with Gasteiger partial charge in [0.25, 0.3) is 5.91 Å². The zero-order valence-electron chi connectivity index (χ0n) is 18.1. The van der Waals surface area contributed by atoms with Crippen LogP contribution in [-0.2, 0) is 16.4 Å². The number of nitrogens with zero attached hydrogens (tertiary/aromatic N) is 1. The molecule has 1 atom stereocenters. The molecular weight excluding hydrogens is 400 g/mol. The second-order valence-corrected chi connectivity index (χ2v) is 9.60. The van der Waals surface area contributed by atoms with E-state index in [1.165, 1.54) is 17.5 Å². The van der Waals surface area contributed by atoms with Gasteiger partial charge in [0.15, 0.2) is 0 Å². The monoisotopic (exact) mass is 430 g/mol. The van der Waals surface area contributed by atoms with Gasteiger partial charge in [-0.3, -0.25) is 4.79 Å². The number of methoxy groups -OCH3 is 1. The SMILES string of the molecule is CCc1cccc(C)c1NC(=O)c1ccc(OC)c(S(=O)(=O)N2CCCC[C@@H]2C)c1. The van der Waals surface area contributed by atoms with Crippen LogP contribution >= 0.6 is 0 Å². The molecule has 1 heterocycles. The third-order valence-corrected chi connectivity index (χ3v) is 7.77. The number of amides is 1. The molecule has 0 unspecified atom stereocenters. The highest BCUT2D eigenvalue weighted by atomic mass is 32.2. The summed E-state index contributed by atoms with van der Waals surface area (Å²) in [7, 11) is -2.34. The van der Waals surface area contributed by atoms with Crippen LogP contribution in [0.25, 0.3) is 0 Å². The molecule has 2 aromatic rings. The van der Waals surface area contributed by atoms with Gasteiger partial charge >= 0.3 is 0 Å². The van der Waals surface area contributed by atoms with E-state index >= 15 is 0 Å². The van der Waals surface area contributed by atoms with Crippen LogP contribution in [0.15, 0.2) is 41.3 Å². The molecule has 162 valence electrons. The van der Waals surface area contributed by atoms with Gasteiger partial charge in [0, 0.05) is 23.8 Å². The van der Waals surface area contributed by atoms with Gasteiger partial charge in [-0.05, 0) is 62.4 Å². The van der Waals surface area contributed by atoms with E-state index in [2.05, 4.69) is 5.32 Å². The van der Waals surface area contributed by atoms with Crippen LogP contribution in [-0.4, -0.2) is 38.3 Å². The van der Waals surface area contributed by atoms with Gasteiger partial charge in [-0.1, -0.05) is 31.5 Å². The average Bonchev–Trinajstić information content (AvgIpc) is 2.74. The number of piperidine rings is 1. The smallest absolute Gasteiger partial charge is 0.255 e. The zero-order chi connectivity index (χ0) is 21.9. The summed E-state index contributed by atoms with van der Waals surface area (Å²) >= 11 is 0. The molecule has 0 bridgehead atoms. The van der Waals surface area contributed by atoms with Gasteiger partial charge in [0.2, 0.25) is 10.0 Å². The van der Waals surface area contributed by atoms with Gasteiger partial charge in [-0.2, -0.15) is 4.31 Å². The average molecular weight is 431 g/mol. The molecule has 0 aromatic heterocycles. The van der Waals surface area contributed by atoms with Crippen molar-refractivity contribution in [2.75, 3.05) is 19.0 Å². The normalized spacial score (nSPS) is 17.5. The Morgan fingerprint density at radius 1 is 1.23 bits per heavy atom. The Balaban J connectivity index is 1.98. The fraction of sp³-hybridized carbons (Fsp3) is 0.435. The van der Waals surface area contributed by atoms with E-state index in [0.29, 0.717) is 6.54 Å². The number of para-hydroxylation sites is 1. The van der Waals surface area contributed by atoms with Crippen molar-refractivity contribution < 1.29 is 17.9 Å². The van der Waals surface area contributed by atoms with Crippen LogP contribution in [0, 0.1) is 6.92 Å². The fourth-order valence-corrected chi connectivity index (χ4v) is 5.85. The third-order valence-electron chi connectivity index (χ3n) is 5.73. The quantitative estimate of drug-likeness (QED) is 0.738. The fourth-order valence-electron chi connectivity index (χ4n) is 3.96. The number of benzene rings is 2. The summed E-state index contributed by atoms with van der Waals surface area (Å²) < 4.78 is 33.6. The number of carbonyl (C=O) groups excluding carboxylic acids is 1. The summed E-state index contributed by atoms with van der Waals surface area (Å²) in [6, 6.07) is 10.4. The van der Waals surface area contributed by atoms with E-state index in [0.717, 1.165) is 42.5 Å². The first-order chi connectivity index (χ1) is 14.3. The minimum absolute atomic E-state index is 0.0342. The Morgan fingerprint density at radius 2 is 2.00 bits per heavy atom. The maximum absolute atomic E-state index is 13.4. The molecule has 1 fully saturated rings. The lowest BCUT2D eigenvalue weighted by molar-refractivity contribution is 0.102. The summed E-state index contributed by atoms with van der Waals surface area (Å²) in [5, 5.41) is 2.96. The number of aryl methyl sites for hydroxylation is 2. The molecule has 1 amide bonds. The molecule has 7 heteroatoms. The molecule has 1 aliphatic heterocycles. The number of rotatable bonds is 6. The standard InChI is InChI=1S/C23H30N2O4S/c1-5-18-11-8-9-16(2)22(18)24-23(26)19-12-13-20(29-4)21(15-19)30(27,28)25-14-7-6-10-17(25)3/h8-9,11-13,15,17H,5-7,10,14H2,1-4H3,(H,24,26)/t17-/m0/s1. The first-order valence-electron chi connectivity index (χ1n) is 10.4. The highest BCUT2D eigenvalue weighted by Crippen LogP contribution is 2.32. The van der Waals surface area contributed by atoms with Crippen molar-refractivity contribution in [1.82, 2.24) is 4.31 Å². The van der Waals surface area contributed by atoms with E-state index in [4.69, 9.17) is 4.74 Å². The summed E-state index contributed by atoms with van der Waals surface area (Å²) in [6.45, 7) is 6.37. The molecule has 0 saturated carbocycles. The summed E-state index contributed by atoms with van der Waals surface area (Å²) in [6.07, 6.45) is 3.46. The van der Waals surface area contributed by atoms with Crippen LogP contribution in [0.4, 0.5) is 5.69 Å². The number of ether oxygens (including phenoxy) is 1. The van der Waals surface area contributed by atoms with Gasteiger partial charge in [-0.15, -0.1) is 0 Å². The van der Waals surface area contributed by atoms with Gasteiger partial charge in [0.05, 0.1) is 7.11 Å². The van der Waals surface area contributed by atoms with Crippen LogP contribution in [0.2, 0.25) is 0 Å². The minimum Gasteiger partial charge on any atom is -0.495 e. The first-order valence-corrected chi connectivity index (χ1v) is 11.8. The molecule has 6 nitrogen and oxygen atoms in total. The maximum atomic E-state index is 13.4. The third kappa shape index (κ3) is 4.37. The summed E-state index contributed by atoms with van der Waals surface area (Å²) in [4.78, 5) is 13.0. The van der Waals surface area contributed by atoms with Crippen LogP contribution < -0.4 is 10.1 Å². The van der Waals surface area contributed by atoms with E-state index in [1.54, 1.807) is 12.1 Å². The predicted molar refractivity (Wildman–Crippen MR) is 119 cm³/mol. The minimum atomic E-state index is -3.78. The van der Waals surface area contributed by atoms with Gasteiger partial charge < -0.3 is 10.1 Å². The van der Waals surface area contributed by atoms with Crippen molar-refractivity contribution in [2.45, 2.75) is 57.4 Å². The molecule has 0 spiro atoms. The van der Waals surface area contributed by atoms with Crippen molar-refractivity contribution in [3.63, 3.8) is 0 Å². The topological polar surface area (TPSA) is 75.7 Å². The molecule has 1 N–H and O–H groups in total. The molecule has 0 aliphatic carbocycles. The van der Waals surface area contributed by atoms with Crippen LogP contribution in [0.3, 0.4) is 0 Å². The van der Waals surface area contributed by atoms with E-state index in [-0.39, 0.29) is 28.2 Å². The number of nitrogens with one attached hydrogen (secondary N) is 1. The Hall–Kier alpha value is -2.38. The highest BCUT2D eigenvalue weighted by Gasteiger charge is 2.33. The zero-order valence-corrected chi connectivity index (χ0v) is 18.9. The number of carbonyl (C=O) groups is 1. The Kier molecular flexibility index (Phi) is 6.83.